The summed E-state index contributed by atoms with van der Waals surface area (Å²) >= 11 is 0. The van der Waals surface area contributed by atoms with Gasteiger partial charge in [0.05, 0.1) is 6.61 Å². The first-order valence-corrected chi connectivity index (χ1v) is 5.13. The molecule has 0 aliphatic heterocycles. The van der Waals surface area contributed by atoms with Gasteiger partial charge in [0.15, 0.2) is 0 Å². The van der Waals surface area contributed by atoms with E-state index >= 15 is 0 Å². The third-order valence-electron chi connectivity index (χ3n) is 1.74. The molecule has 76 valence electrons. The van der Waals surface area contributed by atoms with Crippen molar-refractivity contribution in [2.24, 2.45) is 0 Å². The molecule has 0 saturated heterocycles. The Kier molecular flexibility index (Phi) is 11.0. The molecule has 0 spiro atoms. The van der Waals surface area contributed by atoms with Crippen LogP contribution in [0.2, 0.25) is 0 Å². The molecule has 0 atom stereocenters. The smallest absolute Gasteiger partial charge is 0.0590 e. The van der Waals surface area contributed by atoms with Gasteiger partial charge >= 0.3 is 0 Å². The number of hydrogen-bond acceptors (Lipinski definition) is 2. The van der Waals surface area contributed by atoms with E-state index in [1.807, 2.05) is 0 Å². The lowest BCUT2D eigenvalue weighted by atomic mass is 10.3. The van der Waals surface area contributed by atoms with Crippen LogP contribution >= 0.6 is 0 Å². The van der Waals surface area contributed by atoms with Gasteiger partial charge in [-0.1, -0.05) is 13.3 Å². The maximum absolute atomic E-state index is 5.38. The van der Waals surface area contributed by atoms with E-state index in [1.54, 1.807) is 0 Å². The minimum absolute atomic E-state index is 0.816. The van der Waals surface area contributed by atoms with Crippen molar-refractivity contribution in [3.8, 4) is 12.3 Å². The van der Waals surface area contributed by atoms with Crippen LogP contribution in [0.1, 0.15) is 32.6 Å². The highest BCUT2D eigenvalue weighted by Crippen LogP contribution is 1.87. The zero-order valence-corrected chi connectivity index (χ0v) is 8.64. The molecule has 0 fully saturated rings. The molecule has 0 aromatic heterocycles. The average molecular weight is 183 g/mol. The minimum atomic E-state index is 0.816. The van der Waals surface area contributed by atoms with Crippen LogP contribution in [0, 0.1) is 12.3 Å². The van der Waals surface area contributed by atoms with E-state index in [9.17, 15) is 0 Å². The van der Waals surface area contributed by atoms with E-state index in [1.165, 1.54) is 6.42 Å². The van der Waals surface area contributed by atoms with E-state index < -0.39 is 0 Å². The number of rotatable bonds is 9. The first-order valence-electron chi connectivity index (χ1n) is 5.13. The summed E-state index contributed by atoms with van der Waals surface area (Å²) in [6.07, 6.45) is 9.42. The van der Waals surface area contributed by atoms with Gasteiger partial charge in [-0.25, -0.2) is 0 Å². The summed E-state index contributed by atoms with van der Waals surface area (Å²) in [5, 5.41) is 3.28. The molecule has 0 aromatic rings. The molecule has 0 heterocycles. The predicted octanol–water partition coefficient (Wildman–Crippen LogP) is 1.81. The molecule has 0 aromatic carbocycles. The highest BCUT2D eigenvalue weighted by atomic mass is 16.5. The summed E-state index contributed by atoms with van der Waals surface area (Å²) in [5.41, 5.74) is 0. The topological polar surface area (TPSA) is 21.3 Å². The Balaban J connectivity index is 2.80. The van der Waals surface area contributed by atoms with E-state index in [-0.39, 0.29) is 0 Å². The fraction of sp³-hybridized carbons (Fsp3) is 0.818. The van der Waals surface area contributed by atoms with Crippen LogP contribution in [0.3, 0.4) is 0 Å². The molecule has 0 saturated carbocycles. The van der Waals surface area contributed by atoms with Crippen molar-refractivity contribution in [3.63, 3.8) is 0 Å². The molecular formula is C11H21NO. The van der Waals surface area contributed by atoms with E-state index in [0.717, 1.165) is 45.6 Å². The van der Waals surface area contributed by atoms with Crippen LogP contribution in [0.15, 0.2) is 0 Å². The largest absolute Gasteiger partial charge is 0.380 e. The standard InChI is InChI=1S/C11H21NO/c1-3-5-7-8-12-9-11-13-10-6-4-2/h1,12H,4-11H2,2H3. The molecule has 13 heavy (non-hydrogen) atoms. The molecule has 0 bridgehead atoms. The lowest BCUT2D eigenvalue weighted by molar-refractivity contribution is 0.133. The van der Waals surface area contributed by atoms with Crippen LogP contribution in [-0.2, 0) is 4.74 Å². The number of unbranched alkanes of at least 4 members (excludes halogenated alkanes) is 2. The molecule has 1 N–H and O–H groups in total. The van der Waals surface area contributed by atoms with Crippen molar-refractivity contribution >= 4 is 0 Å². The van der Waals surface area contributed by atoms with Gasteiger partial charge in [-0.2, -0.15) is 0 Å². The summed E-state index contributed by atoms with van der Waals surface area (Å²) in [5.74, 6) is 2.62. The molecule has 2 heteroatoms. The molecule has 2 nitrogen and oxygen atoms in total. The second kappa shape index (κ2) is 11.5. The van der Waals surface area contributed by atoms with Crippen molar-refractivity contribution in [3.05, 3.63) is 0 Å². The van der Waals surface area contributed by atoms with Gasteiger partial charge in [0, 0.05) is 19.6 Å². The van der Waals surface area contributed by atoms with Crippen molar-refractivity contribution in [1.82, 2.24) is 5.32 Å². The Labute approximate surface area is 82.1 Å². The molecule has 0 amide bonds. The number of terminal acetylenes is 1. The molecule has 0 aliphatic rings. The molecule has 0 aliphatic carbocycles. The van der Waals surface area contributed by atoms with Gasteiger partial charge in [0.2, 0.25) is 0 Å². The summed E-state index contributed by atoms with van der Waals surface area (Å²) in [7, 11) is 0. The number of ether oxygens (including phenoxy) is 1. The third kappa shape index (κ3) is 11.5. The highest BCUT2D eigenvalue weighted by Gasteiger charge is 1.88. The van der Waals surface area contributed by atoms with Crippen LogP contribution in [0.5, 0.6) is 0 Å². The van der Waals surface area contributed by atoms with E-state index in [0.29, 0.717) is 0 Å². The second-order valence-corrected chi connectivity index (χ2v) is 3.02. The third-order valence-corrected chi connectivity index (χ3v) is 1.74. The van der Waals surface area contributed by atoms with Gasteiger partial charge in [0.25, 0.3) is 0 Å². The Hall–Kier alpha value is -0.520. The quantitative estimate of drug-likeness (QED) is 0.435. The van der Waals surface area contributed by atoms with Crippen LogP contribution in [0.4, 0.5) is 0 Å². The summed E-state index contributed by atoms with van der Waals surface area (Å²) < 4.78 is 5.38. The van der Waals surface area contributed by atoms with E-state index in [4.69, 9.17) is 11.2 Å². The predicted molar refractivity (Wildman–Crippen MR) is 56.7 cm³/mol. The van der Waals surface area contributed by atoms with Gasteiger partial charge in [0.1, 0.15) is 0 Å². The van der Waals surface area contributed by atoms with Gasteiger partial charge < -0.3 is 10.1 Å². The van der Waals surface area contributed by atoms with Crippen molar-refractivity contribution in [2.45, 2.75) is 32.6 Å². The first-order chi connectivity index (χ1) is 6.41. The zero-order chi connectivity index (χ0) is 9.78. The Morgan fingerprint density at radius 3 is 2.77 bits per heavy atom. The van der Waals surface area contributed by atoms with Crippen LogP contribution in [-0.4, -0.2) is 26.3 Å². The van der Waals surface area contributed by atoms with Crippen LogP contribution < -0.4 is 5.32 Å². The Bertz CT molecular complexity index is 129. The van der Waals surface area contributed by atoms with E-state index in [2.05, 4.69) is 18.2 Å². The monoisotopic (exact) mass is 183 g/mol. The van der Waals surface area contributed by atoms with Crippen molar-refractivity contribution < 1.29 is 4.74 Å². The molecule has 0 unspecified atom stereocenters. The summed E-state index contributed by atoms with van der Waals surface area (Å²) in [6, 6.07) is 0. The molecule has 0 radical (unpaired) electrons. The minimum Gasteiger partial charge on any atom is -0.380 e. The fourth-order valence-electron chi connectivity index (χ4n) is 0.933. The summed E-state index contributed by atoms with van der Waals surface area (Å²) in [4.78, 5) is 0. The lowest BCUT2D eigenvalue weighted by Crippen LogP contribution is -2.20. The molecule has 0 rings (SSSR count). The highest BCUT2D eigenvalue weighted by molar-refractivity contribution is 4.83. The van der Waals surface area contributed by atoms with Gasteiger partial charge in [-0.15, -0.1) is 12.3 Å². The Morgan fingerprint density at radius 2 is 2.08 bits per heavy atom. The van der Waals surface area contributed by atoms with Crippen molar-refractivity contribution in [2.75, 3.05) is 26.3 Å². The normalized spacial score (nSPS) is 9.85. The summed E-state index contributed by atoms with van der Waals surface area (Å²) in [6.45, 7) is 5.82. The van der Waals surface area contributed by atoms with Gasteiger partial charge in [-0.05, 0) is 19.4 Å². The number of nitrogens with one attached hydrogen (secondary N) is 1. The maximum atomic E-state index is 5.38. The molecular weight excluding hydrogens is 162 g/mol. The first kappa shape index (κ1) is 12.5. The lowest BCUT2D eigenvalue weighted by Gasteiger charge is -2.04. The average Bonchev–Trinajstić information content (AvgIpc) is 2.16. The maximum Gasteiger partial charge on any atom is 0.0590 e. The van der Waals surface area contributed by atoms with Crippen molar-refractivity contribution in [1.29, 1.82) is 0 Å². The second-order valence-electron chi connectivity index (χ2n) is 3.02. The zero-order valence-electron chi connectivity index (χ0n) is 8.64. The van der Waals surface area contributed by atoms with Crippen LogP contribution in [0.25, 0.3) is 0 Å². The van der Waals surface area contributed by atoms with Gasteiger partial charge in [-0.3, -0.25) is 0 Å². The SMILES string of the molecule is C#CCCCNCCOCCCC. The Morgan fingerprint density at radius 1 is 1.23 bits per heavy atom. The fourth-order valence-corrected chi connectivity index (χ4v) is 0.933. The number of hydrogen-bond donors (Lipinski definition) is 1.